The van der Waals surface area contributed by atoms with Crippen molar-refractivity contribution in [2.75, 3.05) is 21.3 Å². The van der Waals surface area contributed by atoms with Gasteiger partial charge in [-0.1, -0.05) is 91.0 Å². The molecule has 0 fully saturated rings. The van der Waals surface area contributed by atoms with Gasteiger partial charge in [0.2, 0.25) is 15.9 Å². The number of aromatic nitrogens is 6. The number of rotatable bonds is 6. The van der Waals surface area contributed by atoms with Crippen LogP contribution in [-0.4, -0.2) is 71.7 Å². The number of phenolic OH excluding ortho intramolecular Hbond substituents is 4. The van der Waals surface area contributed by atoms with Gasteiger partial charge >= 0.3 is 0 Å². The summed E-state index contributed by atoms with van der Waals surface area (Å²) in [4.78, 5) is 24.9. The molecule has 0 aliphatic rings. The second-order valence-corrected chi connectivity index (χ2v) is 15.1. The number of aromatic hydroxyl groups is 4. The lowest BCUT2D eigenvalue weighted by atomic mass is 10.0. The molecule has 0 aliphatic heterocycles. The van der Waals surface area contributed by atoms with Crippen molar-refractivity contribution in [3.05, 3.63) is 174 Å². The number of benzene rings is 8. The molecule has 0 radical (unpaired) electrons. The molecule has 10 rings (SSSR count). The highest BCUT2D eigenvalue weighted by molar-refractivity contribution is 6.33. The largest absolute Gasteiger partial charge is 0.508 e. The molecule has 2 heterocycles. The molecule has 0 saturated heterocycles. The van der Waals surface area contributed by atoms with Crippen molar-refractivity contribution in [1.82, 2.24) is 29.9 Å². The van der Waals surface area contributed by atoms with Gasteiger partial charge in [0.05, 0.1) is 26.9 Å². The zero-order valence-electron chi connectivity index (χ0n) is 35.8. The second-order valence-electron chi connectivity index (χ2n) is 14.1. The maximum atomic E-state index is 10.7. The number of hydrogen-bond acceptors (Lipinski definition) is 13. The van der Waals surface area contributed by atoms with Crippen LogP contribution < -0.4 is 14.2 Å². The quantitative estimate of drug-likeness (QED) is 0.123. The molecule has 336 valence electrons. The van der Waals surface area contributed by atoms with E-state index in [-0.39, 0.29) is 44.7 Å². The Bertz CT molecular complexity index is 3170. The van der Waals surface area contributed by atoms with Gasteiger partial charge in [-0.05, 0) is 106 Å². The van der Waals surface area contributed by atoms with Gasteiger partial charge in [0.1, 0.15) is 40.2 Å². The molecule has 0 saturated carbocycles. The van der Waals surface area contributed by atoms with Crippen molar-refractivity contribution in [3.63, 3.8) is 0 Å². The molecule has 8 aromatic carbocycles. The minimum Gasteiger partial charge on any atom is -0.508 e. The SMILES string of the molecule is COc1ccc(-c2nc(-c3ccc(O)cc3O)nc(-c3ccc(OC)c4ccccc34)n2)c2ccccc12.COc1cccc2ccccc12.Clc1nc(Cl)nc(Cl)n1.Oc1cccc(O)c1. The average molecular weight is 954 g/mol. The van der Waals surface area contributed by atoms with Crippen molar-refractivity contribution in [3.8, 4) is 74.4 Å². The van der Waals surface area contributed by atoms with Crippen molar-refractivity contribution in [2.24, 2.45) is 0 Å². The van der Waals surface area contributed by atoms with Gasteiger partial charge in [-0.3, -0.25) is 0 Å². The van der Waals surface area contributed by atoms with E-state index in [2.05, 4.69) is 33.2 Å². The second kappa shape index (κ2) is 21.8. The normalized spacial score (nSPS) is 10.5. The predicted octanol–water partition coefficient (Wildman–Crippen LogP) is 12.4. The van der Waals surface area contributed by atoms with E-state index < -0.39 is 0 Å². The molecule has 13 nitrogen and oxygen atoms in total. The van der Waals surface area contributed by atoms with Crippen LogP contribution in [0.3, 0.4) is 0 Å². The zero-order chi connectivity index (χ0) is 47.5. The van der Waals surface area contributed by atoms with Gasteiger partial charge in [0.25, 0.3) is 0 Å². The van der Waals surface area contributed by atoms with E-state index >= 15 is 0 Å². The molecule has 4 N–H and O–H groups in total. The molecule has 0 spiro atoms. The van der Waals surface area contributed by atoms with Gasteiger partial charge in [-0.2, -0.15) is 15.0 Å². The topological polar surface area (TPSA) is 186 Å². The summed E-state index contributed by atoms with van der Waals surface area (Å²) in [5, 5.41) is 43.9. The lowest BCUT2D eigenvalue weighted by Gasteiger charge is -2.14. The van der Waals surface area contributed by atoms with Gasteiger partial charge in [0.15, 0.2) is 17.5 Å². The highest BCUT2D eigenvalue weighted by Crippen LogP contribution is 2.38. The smallest absolute Gasteiger partial charge is 0.227 e. The number of methoxy groups -OCH3 is 3. The van der Waals surface area contributed by atoms with Gasteiger partial charge in [0, 0.05) is 39.4 Å². The third-order valence-electron chi connectivity index (χ3n) is 9.90. The molecule has 0 aliphatic carbocycles. The maximum Gasteiger partial charge on any atom is 0.227 e. The van der Waals surface area contributed by atoms with Crippen LogP contribution in [0.1, 0.15) is 0 Å². The van der Waals surface area contributed by atoms with Crippen molar-refractivity contribution >= 4 is 67.1 Å². The molecule has 16 heteroatoms. The van der Waals surface area contributed by atoms with Crippen LogP contribution in [-0.2, 0) is 0 Å². The summed E-state index contributed by atoms with van der Waals surface area (Å²) in [5.74, 6) is 3.58. The summed E-state index contributed by atoms with van der Waals surface area (Å²) >= 11 is 16.0. The van der Waals surface area contributed by atoms with Crippen LogP contribution >= 0.6 is 34.8 Å². The monoisotopic (exact) mass is 952 g/mol. The van der Waals surface area contributed by atoms with E-state index in [1.54, 1.807) is 33.5 Å². The Hall–Kier alpha value is -7.97. The molecule has 10 aromatic rings. The third kappa shape index (κ3) is 11.5. The van der Waals surface area contributed by atoms with Crippen molar-refractivity contribution in [1.29, 1.82) is 0 Å². The predicted molar refractivity (Wildman–Crippen MR) is 263 cm³/mol. The van der Waals surface area contributed by atoms with Crippen molar-refractivity contribution in [2.45, 2.75) is 0 Å². The maximum absolute atomic E-state index is 10.7. The molecule has 0 unspecified atom stereocenters. The van der Waals surface area contributed by atoms with Crippen LogP contribution in [0.15, 0.2) is 158 Å². The Morgan fingerprint density at radius 1 is 0.343 bits per heavy atom. The summed E-state index contributed by atoms with van der Waals surface area (Å²) < 4.78 is 16.4. The number of fused-ring (bicyclic) bond motifs is 3. The van der Waals surface area contributed by atoms with E-state index in [1.807, 2.05) is 97.1 Å². The number of ether oxygens (including phenoxy) is 3. The minimum atomic E-state index is -0.132. The van der Waals surface area contributed by atoms with E-state index in [0.29, 0.717) is 17.2 Å². The Balaban J connectivity index is 0.000000183. The summed E-state index contributed by atoms with van der Waals surface area (Å²) in [6, 6.07) is 47.9. The molecule has 67 heavy (non-hydrogen) atoms. The van der Waals surface area contributed by atoms with Crippen LogP contribution in [0.4, 0.5) is 0 Å². The first-order valence-corrected chi connectivity index (χ1v) is 21.2. The summed E-state index contributed by atoms with van der Waals surface area (Å²) in [7, 11) is 4.98. The molecular formula is C51H39Cl3N6O7. The van der Waals surface area contributed by atoms with Gasteiger partial charge < -0.3 is 34.6 Å². The van der Waals surface area contributed by atoms with E-state index in [0.717, 1.165) is 49.9 Å². The highest BCUT2D eigenvalue weighted by atomic mass is 35.5. The Morgan fingerprint density at radius 3 is 1.16 bits per heavy atom. The zero-order valence-corrected chi connectivity index (χ0v) is 38.1. The molecule has 2 aromatic heterocycles. The van der Waals surface area contributed by atoms with E-state index in [4.69, 9.17) is 74.2 Å². The minimum absolute atomic E-state index is 0.000000000000000444. The Labute approximate surface area is 399 Å². The summed E-state index contributed by atoms with van der Waals surface area (Å²) in [5.41, 5.74) is 1.97. The highest BCUT2D eigenvalue weighted by Gasteiger charge is 2.19. The van der Waals surface area contributed by atoms with E-state index in [9.17, 15) is 10.2 Å². The van der Waals surface area contributed by atoms with Gasteiger partial charge in [-0.15, -0.1) is 0 Å². The summed E-state index contributed by atoms with van der Waals surface area (Å²) in [6.07, 6.45) is 0. The first-order chi connectivity index (χ1) is 32.5. The lowest BCUT2D eigenvalue weighted by Crippen LogP contribution is -2.01. The van der Waals surface area contributed by atoms with Crippen molar-refractivity contribution < 1.29 is 34.6 Å². The number of phenols is 4. The lowest BCUT2D eigenvalue weighted by molar-refractivity contribution is 0.419. The van der Waals surface area contributed by atoms with E-state index in [1.165, 1.54) is 41.1 Å². The Morgan fingerprint density at radius 2 is 0.716 bits per heavy atom. The van der Waals surface area contributed by atoms with Crippen LogP contribution in [0.5, 0.6) is 40.2 Å². The standard InChI is InChI=1S/C31H23N3O4.C11H10O.C6H6O2.C3Cl3N3/c1-37-27-15-13-23(19-7-3-5-9-21(19)27)29-32-30(34-31(33-29)25-12-11-18(35)17-26(25)36)24-14-16-28(38-2)22-10-6-4-8-20(22)24;1-12-11-8-4-6-9-5-2-3-7-10(9)11;7-5-2-1-3-6(8)4-5;4-1-7-2(5)9-3(6)8-1/h3-17,35-36H,1-2H3;2-8H,1H3;1-4,7-8H;. The molecular weight excluding hydrogens is 915 g/mol. The molecule has 0 atom stereocenters. The Kier molecular flexibility index (Phi) is 15.3. The van der Waals surface area contributed by atoms with Crippen LogP contribution in [0.2, 0.25) is 15.9 Å². The fourth-order valence-corrected chi connectivity index (χ4v) is 7.52. The first kappa shape index (κ1) is 47.0. The first-order valence-electron chi connectivity index (χ1n) is 20.1. The average Bonchev–Trinajstić information content (AvgIpc) is 3.33. The number of hydrogen-bond donors (Lipinski definition) is 4. The third-order valence-corrected chi connectivity index (χ3v) is 10.4. The molecule has 0 amide bonds. The van der Waals surface area contributed by atoms with Gasteiger partial charge in [-0.25, -0.2) is 15.0 Å². The fraction of sp³-hybridized carbons (Fsp3) is 0.0588. The fourth-order valence-electron chi connectivity index (χ4n) is 6.91. The number of nitrogens with zero attached hydrogens (tertiary/aromatic N) is 6. The van der Waals surface area contributed by atoms with Crippen LogP contribution in [0, 0.1) is 0 Å². The number of halogens is 3. The summed E-state index contributed by atoms with van der Waals surface area (Å²) in [6.45, 7) is 0. The van der Waals surface area contributed by atoms with Crippen LogP contribution in [0.25, 0.3) is 66.5 Å². The molecule has 0 bridgehead atoms.